The summed E-state index contributed by atoms with van der Waals surface area (Å²) in [5.41, 5.74) is 0. The average Bonchev–Trinajstić information content (AvgIpc) is 2.20. The SMILES string of the molecule is CC1CC([Si](C)C)([Si](C)C)[Si](C)(C)O1. The molecule has 1 fully saturated rings. The molecule has 0 saturated carbocycles. The van der Waals surface area contributed by atoms with Crippen LogP contribution < -0.4 is 0 Å². The molecule has 1 unspecified atom stereocenters. The molecule has 82 valence electrons. The Labute approximate surface area is 93.6 Å². The van der Waals surface area contributed by atoms with E-state index in [-0.39, 0.29) is 17.6 Å². The monoisotopic (exact) mass is 244 g/mol. The number of rotatable bonds is 2. The van der Waals surface area contributed by atoms with Crippen LogP contribution in [0.3, 0.4) is 0 Å². The fourth-order valence-corrected chi connectivity index (χ4v) is 20.9. The second-order valence-corrected chi connectivity index (χ2v) is 16.9. The van der Waals surface area contributed by atoms with E-state index in [1.165, 1.54) is 6.42 Å². The second kappa shape index (κ2) is 3.88. The molecule has 1 atom stereocenters. The highest BCUT2D eigenvalue weighted by Gasteiger charge is 2.58. The van der Waals surface area contributed by atoms with Crippen molar-refractivity contribution in [3.63, 3.8) is 0 Å². The Morgan fingerprint density at radius 1 is 1.14 bits per heavy atom. The maximum Gasteiger partial charge on any atom is 0.187 e. The summed E-state index contributed by atoms with van der Waals surface area (Å²) in [4.78, 5) is 0. The zero-order chi connectivity index (χ0) is 11.1. The molecular formula is C10H24OSi3. The molecule has 0 bridgehead atoms. The summed E-state index contributed by atoms with van der Waals surface area (Å²) in [5, 5.41) is 0. The summed E-state index contributed by atoms with van der Waals surface area (Å²) in [5.74, 6) is 0. The molecule has 2 radical (unpaired) electrons. The third kappa shape index (κ3) is 1.70. The van der Waals surface area contributed by atoms with Gasteiger partial charge in [0.15, 0.2) is 8.32 Å². The van der Waals surface area contributed by atoms with Crippen molar-refractivity contribution in [1.29, 1.82) is 0 Å². The molecule has 0 N–H and O–H groups in total. The van der Waals surface area contributed by atoms with Crippen LogP contribution in [0.15, 0.2) is 0 Å². The molecule has 1 saturated heterocycles. The van der Waals surface area contributed by atoms with Crippen LogP contribution in [-0.4, -0.2) is 32.0 Å². The summed E-state index contributed by atoms with van der Waals surface area (Å²) in [6.45, 7) is 17.2. The molecule has 1 aliphatic rings. The van der Waals surface area contributed by atoms with Crippen LogP contribution >= 0.6 is 0 Å². The molecule has 1 nitrogen and oxygen atoms in total. The molecule has 1 rings (SSSR count). The van der Waals surface area contributed by atoms with E-state index in [1.54, 1.807) is 0 Å². The fourth-order valence-electron chi connectivity index (χ4n) is 3.43. The first-order valence-electron chi connectivity index (χ1n) is 5.53. The van der Waals surface area contributed by atoms with Gasteiger partial charge in [-0.2, -0.15) is 0 Å². The summed E-state index contributed by atoms with van der Waals surface area (Å²) in [7, 11) is -1.87. The van der Waals surface area contributed by atoms with Gasteiger partial charge in [-0.25, -0.2) is 0 Å². The van der Waals surface area contributed by atoms with Gasteiger partial charge in [0.05, 0.1) is 0 Å². The molecule has 0 aliphatic carbocycles. The van der Waals surface area contributed by atoms with Crippen molar-refractivity contribution in [2.75, 3.05) is 0 Å². The van der Waals surface area contributed by atoms with Gasteiger partial charge in [-0.3, -0.25) is 0 Å². The van der Waals surface area contributed by atoms with Gasteiger partial charge < -0.3 is 4.43 Å². The highest BCUT2D eigenvalue weighted by molar-refractivity contribution is 7.03. The third-order valence-electron chi connectivity index (χ3n) is 3.82. The minimum absolute atomic E-state index is 0.228. The molecule has 14 heavy (non-hydrogen) atoms. The van der Waals surface area contributed by atoms with Crippen LogP contribution in [0.5, 0.6) is 0 Å². The van der Waals surface area contributed by atoms with Crippen molar-refractivity contribution < 1.29 is 4.43 Å². The van der Waals surface area contributed by atoms with E-state index >= 15 is 0 Å². The van der Waals surface area contributed by atoms with E-state index in [2.05, 4.69) is 46.2 Å². The van der Waals surface area contributed by atoms with Gasteiger partial charge in [0.25, 0.3) is 0 Å². The van der Waals surface area contributed by atoms with E-state index in [4.69, 9.17) is 4.43 Å². The fraction of sp³-hybridized carbons (Fsp3) is 1.00. The summed E-state index contributed by atoms with van der Waals surface area (Å²) >= 11 is 0. The Morgan fingerprint density at radius 2 is 1.57 bits per heavy atom. The lowest BCUT2D eigenvalue weighted by atomic mass is 10.3. The third-order valence-corrected chi connectivity index (χ3v) is 20.5. The summed E-state index contributed by atoms with van der Waals surface area (Å²) < 4.78 is 6.96. The molecule has 1 aliphatic heterocycles. The Bertz CT molecular complexity index is 205. The van der Waals surface area contributed by atoms with Gasteiger partial charge in [-0.1, -0.05) is 26.2 Å². The van der Waals surface area contributed by atoms with Crippen molar-refractivity contribution in [2.24, 2.45) is 0 Å². The van der Waals surface area contributed by atoms with Crippen LogP contribution in [0.25, 0.3) is 0 Å². The van der Waals surface area contributed by atoms with Crippen LogP contribution in [-0.2, 0) is 4.43 Å². The molecule has 0 aromatic rings. The first-order chi connectivity index (χ1) is 6.24. The lowest BCUT2D eigenvalue weighted by Gasteiger charge is -2.43. The quantitative estimate of drug-likeness (QED) is 0.677. The van der Waals surface area contributed by atoms with Crippen molar-refractivity contribution in [3.05, 3.63) is 0 Å². The van der Waals surface area contributed by atoms with Crippen LogP contribution in [0.4, 0.5) is 0 Å². The molecule has 0 spiro atoms. The average molecular weight is 245 g/mol. The van der Waals surface area contributed by atoms with Gasteiger partial charge in [0.1, 0.15) is 0 Å². The molecule has 4 heteroatoms. The van der Waals surface area contributed by atoms with E-state index in [0.29, 0.717) is 10.4 Å². The lowest BCUT2D eigenvalue weighted by molar-refractivity contribution is 0.245. The van der Waals surface area contributed by atoms with E-state index in [1.807, 2.05) is 0 Å². The molecule has 0 aromatic heterocycles. The normalized spacial score (nSPS) is 30.2. The lowest BCUT2D eigenvalue weighted by Crippen LogP contribution is -2.53. The van der Waals surface area contributed by atoms with Crippen LogP contribution in [0.2, 0.25) is 43.6 Å². The summed E-state index contributed by atoms with van der Waals surface area (Å²) in [6, 6.07) is 0. The minimum Gasteiger partial charge on any atom is -0.415 e. The summed E-state index contributed by atoms with van der Waals surface area (Å²) in [6.07, 6.45) is 1.88. The van der Waals surface area contributed by atoms with Crippen molar-refractivity contribution in [1.82, 2.24) is 0 Å². The molecule has 1 heterocycles. The first kappa shape index (κ1) is 12.7. The highest BCUT2D eigenvalue weighted by Crippen LogP contribution is 2.53. The van der Waals surface area contributed by atoms with Gasteiger partial charge in [-0.05, 0) is 30.7 Å². The zero-order valence-corrected chi connectivity index (χ0v) is 13.7. The van der Waals surface area contributed by atoms with Gasteiger partial charge in [-0.15, -0.1) is 0 Å². The van der Waals surface area contributed by atoms with Gasteiger partial charge in [0, 0.05) is 23.7 Å². The molecular weight excluding hydrogens is 220 g/mol. The first-order valence-corrected chi connectivity index (χ1v) is 13.4. The van der Waals surface area contributed by atoms with Gasteiger partial charge >= 0.3 is 0 Å². The van der Waals surface area contributed by atoms with Crippen LogP contribution in [0.1, 0.15) is 13.3 Å². The topological polar surface area (TPSA) is 9.23 Å². The molecule has 0 amide bonds. The van der Waals surface area contributed by atoms with Crippen molar-refractivity contribution in [2.45, 2.75) is 63.0 Å². The zero-order valence-electron chi connectivity index (χ0n) is 10.7. The Kier molecular flexibility index (Phi) is 3.52. The Morgan fingerprint density at radius 3 is 1.71 bits per heavy atom. The van der Waals surface area contributed by atoms with Gasteiger partial charge in [0.2, 0.25) is 0 Å². The Hall–Kier alpha value is 0.611. The standard InChI is InChI=1S/C10H24OSi3/c1-9-8-10(12(2)3,13(4)5)14(6,7)11-9/h9H,8H2,1-7H3. The van der Waals surface area contributed by atoms with E-state index < -0.39 is 8.32 Å². The van der Waals surface area contributed by atoms with Crippen molar-refractivity contribution >= 4 is 25.9 Å². The predicted molar refractivity (Wildman–Crippen MR) is 70.3 cm³/mol. The minimum atomic E-state index is -1.42. The maximum atomic E-state index is 6.28. The molecule has 0 aromatic carbocycles. The number of hydrogen-bond acceptors (Lipinski definition) is 1. The van der Waals surface area contributed by atoms with E-state index in [0.717, 1.165) is 0 Å². The smallest absolute Gasteiger partial charge is 0.187 e. The largest absolute Gasteiger partial charge is 0.415 e. The predicted octanol–water partition coefficient (Wildman–Crippen LogP) is 3.33. The number of hydrogen-bond donors (Lipinski definition) is 0. The van der Waals surface area contributed by atoms with Crippen LogP contribution in [0, 0.1) is 0 Å². The Balaban J connectivity index is 3.09. The van der Waals surface area contributed by atoms with Crippen molar-refractivity contribution in [3.8, 4) is 0 Å². The highest BCUT2D eigenvalue weighted by atomic mass is 28.4. The second-order valence-electron chi connectivity index (χ2n) is 5.55. The van der Waals surface area contributed by atoms with E-state index in [9.17, 15) is 0 Å². The maximum absolute atomic E-state index is 6.28.